The summed E-state index contributed by atoms with van der Waals surface area (Å²) in [5, 5.41) is 21.7. The van der Waals surface area contributed by atoms with Crippen molar-refractivity contribution in [3.63, 3.8) is 0 Å². The van der Waals surface area contributed by atoms with E-state index in [1.807, 2.05) is 0 Å². The second kappa shape index (κ2) is 46.5. The largest absolute Gasteiger partial charge is 0.493 e. The normalized spacial score (nSPS) is 12.2. The average Bonchev–Trinajstić information content (AvgIpc) is 0.764. The molecule has 658 valence electrons. The van der Waals surface area contributed by atoms with Crippen molar-refractivity contribution in [1.29, 1.82) is 0 Å². The van der Waals surface area contributed by atoms with Gasteiger partial charge in [-0.1, -0.05) is 226 Å². The van der Waals surface area contributed by atoms with E-state index >= 15 is 0 Å². The topological polar surface area (TPSA) is 375 Å². The van der Waals surface area contributed by atoms with Crippen LogP contribution < -0.4 is 59.1 Å². The van der Waals surface area contributed by atoms with Crippen molar-refractivity contribution in [3.05, 3.63) is 212 Å². The zero-order valence-corrected chi connectivity index (χ0v) is 74.3. The van der Waals surface area contributed by atoms with Crippen LogP contribution in [-0.4, -0.2) is 95.3 Å². The van der Waals surface area contributed by atoms with E-state index in [2.05, 4.69) is 60.9 Å². The third-order valence-corrected chi connectivity index (χ3v) is 26.2. The van der Waals surface area contributed by atoms with E-state index in [1.165, 1.54) is 60.7 Å². The summed E-state index contributed by atoms with van der Waals surface area (Å²) in [5.74, 6) is -0.791. The van der Waals surface area contributed by atoms with Crippen molar-refractivity contribution in [1.82, 2.24) is 18.9 Å². The Morgan fingerprint density at radius 1 is 0.279 bits per heavy atom. The van der Waals surface area contributed by atoms with Crippen LogP contribution in [0.4, 0.5) is 41.9 Å². The fourth-order valence-corrected chi connectivity index (χ4v) is 18.1. The SMILES string of the molecule is CCCCCCCCCCOc1c2cc(NC(=O)NS(=O)(=O)c3ccc(C)cc3)cc1Cc1cc(NC(=O)NS(=O)(=O)c3ccc(C)cc3)cc(c1OCCCCCCCCCC)Cc1cc(NC(=O)NS(=O)(=O)c3ccc(C)cc3)cc(c1OCC(=O)O)Cc1cc(NC(=O)NS(=O)(=O)c3ccc(C)cc3)cc(c1OCCCCCCCCCC)C2. The average molecular weight is 1750 g/mol. The Bertz CT molecular complexity index is 5150. The first-order chi connectivity index (χ1) is 58.4. The quantitative estimate of drug-likeness (QED) is 0.0160. The van der Waals surface area contributed by atoms with Gasteiger partial charge < -0.3 is 45.3 Å². The van der Waals surface area contributed by atoms with Gasteiger partial charge in [-0.2, -0.15) is 0 Å². The number of fused-ring (bicyclic) bond motifs is 8. The van der Waals surface area contributed by atoms with Gasteiger partial charge in [0.05, 0.1) is 39.4 Å². The highest BCUT2D eigenvalue weighted by Crippen LogP contribution is 2.44. The molecule has 1 aliphatic carbocycles. The second-order valence-electron chi connectivity index (χ2n) is 31.3. The Morgan fingerprint density at radius 2 is 0.459 bits per heavy atom. The molecule has 8 aromatic carbocycles. The lowest BCUT2D eigenvalue weighted by Crippen LogP contribution is -2.34. The van der Waals surface area contributed by atoms with Crippen LogP contribution in [0.3, 0.4) is 0 Å². The Morgan fingerprint density at radius 3 is 0.648 bits per heavy atom. The lowest BCUT2D eigenvalue weighted by atomic mass is 9.90. The minimum Gasteiger partial charge on any atom is -0.493 e. The van der Waals surface area contributed by atoms with Crippen LogP contribution in [0.25, 0.3) is 0 Å². The number of sulfonamides is 4. The highest BCUT2D eigenvalue weighted by molar-refractivity contribution is 7.91. The van der Waals surface area contributed by atoms with Crippen LogP contribution in [0, 0.1) is 27.7 Å². The molecule has 8 bridgehead atoms. The molecule has 0 unspecified atom stereocenters. The highest BCUT2D eigenvalue weighted by atomic mass is 32.2. The van der Waals surface area contributed by atoms with Crippen LogP contribution in [-0.2, 0) is 70.6 Å². The fourth-order valence-electron chi connectivity index (χ4n) is 14.5. The Balaban J connectivity index is 1.34. The molecule has 0 atom stereocenters. The van der Waals surface area contributed by atoms with Crippen LogP contribution >= 0.6 is 0 Å². The predicted molar refractivity (Wildman–Crippen MR) is 477 cm³/mol. The van der Waals surface area contributed by atoms with Gasteiger partial charge in [-0.15, -0.1) is 0 Å². The fraction of sp³-hybridized carbons (Fsp3) is 0.424. The molecule has 30 heteroatoms. The summed E-state index contributed by atoms with van der Waals surface area (Å²) in [6, 6.07) is 31.1. The predicted octanol–water partition coefficient (Wildman–Crippen LogP) is 19.7. The summed E-state index contributed by atoms with van der Waals surface area (Å²) in [7, 11) is -18.2. The van der Waals surface area contributed by atoms with Crippen LogP contribution in [0.1, 0.15) is 242 Å². The van der Waals surface area contributed by atoms with Crippen molar-refractivity contribution >= 4 is 92.9 Å². The number of nitrogens with one attached hydrogen (secondary N) is 8. The van der Waals surface area contributed by atoms with Crippen molar-refractivity contribution in [2.75, 3.05) is 47.7 Å². The molecule has 122 heavy (non-hydrogen) atoms. The lowest BCUT2D eigenvalue weighted by Gasteiger charge is -2.25. The molecule has 26 nitrogen and oxygen atoms in total. The Hall–Kier alpha value is -10.7. The lowest BCUT2D eigenvalue weighted by molar-refractivity contribution is -0.139. The standard InChI is InChI=1S/C92H118N8O18S4/c1-8-11-14-17-20-23-26-29-48-115-85-68-51-70-57-77(94-90(104)98-120(109,110)81-42-34-65(5)35-43-81)59-72(86(70)116-49-30-27-24-21-18-15-12-9-2)53-74-61-79(96-92(106)100-122(113,114)83-46-38-67(7)39-47-83)62-75(88(74)118-63-84(101)102)54-73-60-78(95-91(105)99-121(111,112)82-44-36-66(6)37-45-82)58-71(87(73)117-50-31-28-25-22-19-16-13-10-3)52-69(85)56-76(55-68)93-89(103)97-119(107,108)80-40-32-64(4)33-41-80/h32-47,55-62H,8-31,48-54,63H2,1-7H3,(H,101,102)(H2,93,97,103)(H2,94,98,104)(H2,95,99,105)(H2,96,100,106). The zero-order chi connectivity index (χ0) is 87.8. The number of carboxylic acid groups (broad SMARTS) is 1. The number of carbonyl (C=O) groups is 5. The van der Waals surface area contributed by atoms with E-state index in [-0.39, 0.29) is 133 Å². The van der Waals surface area contributed by atoms with Crippen molar-refractivity contribution in [2.24, 2.45) is 0 Å². The van der Waals surface area contributed by atoms with Gasteiger partial charge in [0.25, 0.3) is 40.1 Å². The molecule has 0 aromatic heterocycles. The number of hydrogen-bond acceptors (Lipinski definition) is 17. The Kier molecular flexibility index (Phi) is 36.3. The summed E-state index contributed by atoms with van der Waals surface area (Å²) in [6.45, 7) is 13.0. The molecule has 0 fully saturated rings. The molecule has 9 N–H and O–H groups in total. The number of carboxylic acids is 1. The van der Waals surface area contributed by atoms with E-state index in [9.17, 15) is 62.8 Å². The van der Waals surface area contributed by atoms with Crippen LogP contribution in [0.2, 0.25) is 0 Å². The van der Waals surface area contributed by atoms with Gasteiger partial charge in [-0.3, -0.25) is 0 Å². The van der Waals surface area contributed by atoms with Gasteiger partial charge >= 0.3 is 30.1 Å². The first kappa shape index (κ1) is 95.2. The maximum atomic E-state index is 14.6. The number of hydrogen-bond donors (Lipinski definition) is 9. The molecule has 8 aromatic rings. The number of anilines is 4. The maximum Gasteiger partial charge on any atom is 0.341 e. The van der Waals surface area contributed by atoms with Gasteiger partial charge in [0.2, 0.25) is 0 Å². The van der Waals surface area contributed by atoms with E-state index in [0.29, 0.717) is 41.5 Å². The number of benzene rings is 8. The van der Waals surface area contributed by atoms with Gasteiger partial charge in [0.15, 0.2) is 6.61 Å². The minimum atomic E-state index is -4.55. The summed E-state index contributed by atoms with van der Waals surface area (Å²) in [6.07, 6.45) is 21.5. The first-order valence-electron chi connectivity index (χ1n) is 42.4. The summed E-state index contributed by atoms with van der Waals surface area (Å²) in [5.41, 5.74) is 5.11. The molecule has 9 rings (SSSR count). The summed E-state index contributed by atoms with van der Waals surface area (Å²) < 4.78 is 149. The molecule has 8 amide bonds. The third kappa shape index (κ3) is 29.8. The van der Waals surface area contributed by atoms with E-state index < -0.39 is 76.8 Å². The van der Waals surface area contributed by atoms with Gasteiger partial charge in [0.1, 0.15) is 23.0 Å². The summed E-state index contributed by atoms with van der Waals surface area (Å²) >= 11 is 0. The number of aryl methyl sites for hydroxylation is 4. The van der Waals surface area contributed by atoms with Crippen molar-refractivity contribution < 1.29 is 81.7 Å². The molecule has 0 saturated heterocycles. The molecule has 0 radical (unpaired) electrons. The van der Waals surface area contributed by atoms with Crippen LogP contribution in [0.15, 0.2) is 165 Å². The molecule has 1 aliphatic rings. The number of carbonyl (C=O) groups excluding carboxylic acids is 4. The molecule has 0 spiro atoms. The van der Waals surface area contributed by atoms with E-state index in [4.69, 9.17) is 18.9 Å². The molecule has 0 saturated carbocycles. The molecule has 0 aliphatic heterocycles. The van der Waals surface area contributed by atoms with Gasteiger partial charge in [0, 0.05) is 92.9 Å². The minimum absolute atomic E-state index is 0.00376. The molecule has 0 heterocycles. The highest BCUT2D eigenvalue weighted by Gasteiger charge is 2.30. The van der Waals surface area contributed by atoms with Crippen molar-refractivity contribution in [2.45, 2.75) is 248 Å². The monoisotopic (exact) mass is 1750 g/mol. The second-order valence-corrected chi connectivity index (χ2v) is 38.1. The number of unbranched alkanes of at least 4 members (excludes halogenated alkanes) is 21. The summed E-state index contributed by atoms with van der Waals surface area (Å²) in [4.78, 5) is 70.6. The number of amides is 8. The van der Waals surface area contributed by atoms with Crippen LogP contribution in [0.5, 0.6) is 23.0 Å². The Labute approximate surface area is 719 Å². The maximum absolute atomic E-state index is 14.6. The smallest absolute Gasteiger partial charge is 0.341 e. The van der Waals surface area contributed by atoms with E-state index in [1.54, 1.807) is 113 Å². The first-order valence-corrected chi connectivity index (χ1v) is 48.3. The third-order valence-electron chi connectivity index (χ3n) is 20.8. The van der Waals surface area contributed by atoms with Crippen molar-refractivity contribution in [3.8, 4) is 23.0 Å². The van der Waals surface area contributed by atoms with E-state index in [0.717, 1.165) is 157 Å². The number of aliphatic carboxylic acids is 1. The number of rotatable bonds is 45. The molecular weight excluding hydrogens is 1630 g/mol. The number of urea groups is 4. The van der Waals surface area contributed by atoms with Gasteiger partial charge in [-0.05, 0) is 144 Å². The number of ether oxygens (including phenoxy) is 4. The van der Waals surface area contributed by atoms with Gasteiger partial charge in [-0.25, -0.2) is 76.5 Å². The molecular formula is C92H118N8O18S4. The zero-order valence-electron chi connectivity index (χ0n) is 71.0.